The summed E-state index contributed by atoms with van der Waals surface area (Å²) in [6.07, 6.45) is 29.0. The highest BCUT2D eigenvalue weighted by atomic mass is 32.2. The standard InChI is InChI=1S/C44H78O12S/c1-3-5-7-9-11-13-15-17-19-21-23-25-27-29-31-33-40(46)55-37(35-54-44-43(49)42(48)41(47)38(56-44)36-57(50,51)52)34-53-39(45)32-30-28-26-24-22-20-18-16-14-12-10-8-6-4-2/h5,7,11,13,17,19,37-38,41-44,47-49H,3-4,6,8-10,12,14-16,18,20-36H2,1-2H3,(H,50,51,52)/b7-5+,13-11+,19-17+/t37-,38-,41-,42?,43?,44+/m1/s1. The number of hydrogen-bond donors (Lipinski definition) is 4. The van der Waals surface area contributed by atoms with Crippen LogP contribution in [0.2, 0.25) is 0 Å². The fourth-order valence-electron chi connectivity index (χ4n) is 6.57. The monoisotopic (exact) mass is 831 g/mol. The lowest BCUT2D eigenvalue weighted by atomic mass is 10.00. The van der Waals surface area contributed by atoms with Crippen LogP contribution in [0.25, 0.3) is 0 Å². The Bertz CT molecular complexity index is 1200. The first kappa shape index (κ1) is 52.9. The van der Waals surface area contributed by atoms with Crippen molar-refractivity contribution >= 4 is 22.1 Å². The highest BCUT2D eigenvalue weighted by molar-refractivity contribution is 7.85. The summed E-state index contributed by atoms with van der Waals surface area (Å²) in [5.41, 5.74) is 0. The Kier molecular flexibility index (Phi) is 32.2. The zero-order valence-electron chi connectivity index (χ0n) is 35.2. The van der Waals surface area contributed by atoms with E-state index in [-0.39, 0.29) is 19.4 Å². The van der Waals surface area contributed by atoms with Gasteiger partial charge in [-0.25, -0.2) is 0 Å². The summed E-state index contributed by atoms with van der Waals surface area (Å²) in [4.78, 5) is 25.4. The van der Waals surface area contributed by atoms with Crippen molar-refractivity contribution < 1.29 is 56.8 Å². The van der Waals surface area contributed by atoms with Crippen molar-refractivity contribution in [2.75, 3.05) is 19.0 Å². The van der Waals surface area contributed by atoms with Gasteiger partial charge in [-0.1, -0.05) is 153 Å². The number of rotatable bonds is 36. The van der Waals surface area contributed by atoms with Crippen molar-refractivity contribution in [1.82, 2.24) is 0 Å². The third kappa shape index (κ3) is 29.7. The fourth-order valence-corrected chi connectivity index (χ4v) is 7.26. The minimum Gasteiger partial charge on any atom is -0.462 e. The topological polar surface area (TPSA) is 186 Å². The molecule has 0 aromatic heterocycles. The van der Waals surface area contributed by atoms with Gasteiger partial charge >= 0.3 is 11.9 Å². The molecule has 0 radical (unpaired) electrons. The van der Waals surface area contributed by atoms with E-state index in [0.29, 0.717) is 12.8 Å². The molecule has 0 aromatic rings. The van der Waals surface area contributed by atoms with Crippen molar-refractivity contribution in [3.05, 3.63) is 36.5 Å². The van der Waals surface area contributed by atoms with E-state index >= 15 is 0 Å². The van der Waals surface area contributed by atoms with E-state index in [9.17, 15) is 37.9 Å². The van der Waals surface area contributed by atoms with Crippen LogP contribution in [0.5, 0.6) is 0 Å². The molecule has 1 heterocycles. The number of esters is 2. The maximum Gasteiger partial charge on any atom is 0.306 e. The van der Waals surface area contributed by atoms with Gasteiger partial charge in [-0.2, -0.15) is 8.42 Å². The largest absolute Gasteiger partial charge is 0.462 e. The summed E-state index contributed by atoms with van der Waals surface area (Å²) in [5.74, 6) is -2.00. The number of unbranched alkanes of at least 4 members (excludes halogenated alkanes) is 18. The van der Waals surface area contributed by atoms with E-state index in [0.717, 1.165) is 70.6 Å². The Hall–Kier alpha value is -2.13. The molecule has 0 aliphatic carbocycles. The third-order valence-electron chi connectivity index (χ3n) is 9.98. The second-order valence-electron chi connectivity index (χ2n) is 15.3. The summed E-state index contributed by atoms with van der Waals surface area (Å²) in [5, 5.41) is 30.8. The van der Waals surface area contributed by atoms with Crippen LogP contribution < -0.4 is 0 Å². The fraction of sp³-hybridized carbons (Fsp3) is 0.818. The number of carbonyl (C=O) groups excluding carboxylic acids is 2. The minimum absolute atomic E-state index is 0.146. The van der Waals surface area contributed by atoms with E-state index in [1.807, 2.05) is 0 Å². The summed E-state index contributed by atoms with van der Waals surface area (Å²) >= 11 is 0. The van der Waals surface area contributed by atoms with Crippen LogP contribution in [-0.2, 0) is 38.7 Å². The van der Waals surface area contributed by atoms with Gasteiger partial charge < -0.3 is 34.3 Å². The Labute approximate surface area is 344 Å². The van der Waals surface area contributed by atoms with Crippen molar-refractivity contribution in [2.24, 2.45) is 0 Å². The molecule has 0 amide bonds. The molecule has 12 nitrogen and oxygen atoms in total. The molecular weight excluding hydrogens is 753 g/mol. The molecule has 1 aliphatic heterocycles. The van der Waals surface area contributed by atoms with E-state index in [4.69, 9.17) is 18.9 Å². The van der Waals surface area contributed by atoms with E-state index in [2.05, 4.69) is 50.3 Å². The van der Waals surface area contributed by atoms with E-state index in [1.165, 1.54) is 64.2 Å². The molecular formula is C44H78O12S. The number of hydrogen-bond acceptors (Lipinski definition) is 11. The molecule has 0 saturated carbocycles. The van der Waals surface area contributed by atoms with Gasteiger partial charge in [0.15, 0.2) is 12.4 Å². The third-order valence-corrected chi connectivity index (χ3v) is 10.7. The zero-order valence-corrected chi connectivity index (χ0v) is 36.0. The number of aliphatic hydroxyl groups is 3. The van der Waals surface area contributed by atoms with E-state index in [1.54, 1.807) is 0 Å². The molecule has 0 aromatic carbocycles. The van der Waals surface area contributed by atoms with Crippen LogP contribution in [0.3, 0.4) is 0 Å². The Morgan fingerprint density at radius 1 is 0.614 bits per heavy atom. The lowest BCUT2D eigenvalue weighted by Gasteiger charge is -2.40. The second kappa shape index (κ2) is 34.7. The van der Waals surface area contributed by atoms with Crippen LogP contribution in [0, 0.1) is 0 Å². The molecule has 0 bridgehead atoms. The number of allylic oxidation sites excluding steroid dienone is 6. The highest BCUT2D eigenvalue weighted by Gasteiger charge is 2.46. The predicted molar refractivity (Wildman–Crippen MR) is 224 cm³/mol. The summed E-state index contributed by atoms with van der Waals surface area (Å²) < 4.78 is 54.0. The second-order valence-corrected chi connectivity index (χ2v) is 16.8. The Morgan fingerprint density at radius 3 is 1.65 bits per heavy atom. The van der Waals surface area contributed by atoms with Crippen molar-refractivity contribution in [3.63, 3.8) is 0 Å². The maximum absolute atomic E-state index is 12.8. The van der Waals surface area contributed by atoms with Gasteiger partial charge in [0, 0.05) is 12.8 Å². The quantitative estimate of drug-likeness (QED) is 0.0204. The molecule has 1 saturated heterocycles. The van der Waals surface area contributed by atoms with Crippen LogP contribution in [0.1, 0.15) is 174 Å². The van der Waals surface area contributed by atoms with Crippen LogP contribution in [0.4, 0.5) is 0 Å². The van der Waals surface area contributed by atoms with Crippen LogP contribution in [0.15, 0.2) is 36.5 Å². The molecule has 57 heavy (non-hydrogen) atoms. The maximum atomic E-state index is 12.8. The molecule has 1 fully saturated rings. The average Bonchev–Trinajstić information content (AvgIpc) is 3.17. The van der Waals surface area contributed by atoms with Gasteiger partial charge in [-0.05, 0) is 44.9 Å². The molecule has 13 heteroatoms. The smallest absolute Gasteiger partial charge is 0.306 e. The summed E-state index contributed by atoms with van der Waals surface area (Å²) in [6.45, 7) is 3.63. The van der Waals surface area contributed by atoms with E-state index < -0.39 is 71.2 Å². The number of carbonyl (C=O) groups is 2. The minimum atomic E-state index is -4.60. The highest BCUT2D eigenvalue weighted by Crippen LogP contribution is 2.24. The molecule has 332 valence electrons. The van der Waals surface area contributed by atoms with Crippen molar-refractivity contribution in [1.29, 1.82) is 0 Å². The van der Waals surface area contributed by atoms with Crippen molar-refractivity contribution in [2.45, 2.75) is 211 Å². The van der Waals surface area contributed by atoms with Crippen LogP contribution in [-0.4, -0.2) is 96.0 Å². The first-order valence-electron chi connectivity index (χ1n) is 22.0. The molecule has 0 spiro atoms. The zero-order chi connectivity index (χ0) is 42.0. The molecule has 4 N–H and O–H groups in total. The average molecular weight is 831 g/mol. The number of aliphatic hydroxyl groups excluding tert-OH is 3. The van der Waals surface area contributed by atoms with Gasteiger partial charge in [0.05, 0.1) is 6.61 Å². The molecule has 1 rings (SSSR count). The number of ether oxygens (including phenoxy) is 4. The molecule has 1 aliphatic rings. The predicted octanol–water partition coefficient (Wildman–Crippen LogP) is 8.61. The summed E-state index contributed by atoms with van der Waals surface area (Å²) in [7, 11) is -4.60. The van der Waals surface area contributed by atoms with Gasteiger partial charge in [0.2, 0.25) is 0 Å². The van der Waals surface area contributed by atoms with Crippen molar-refractivity contribution in [3.8, 4) is 0 Å². The Morgan fingerprint density at radius 2 is 1.11 bits per heavy atom. The normalized spacial score (nSPS) is 20.8. The first-order valence-corrected chi connectivity index (χ1v) is 23.7. The van der Waals surface area contributed by atoms with Gasteiger partial charge in [0.1, 0.15) is 36.8 Å². The lowest BCUT2D eigenvalue weighted by Crippen LogP contribution is -2.60. The first-order chi connectivity index (χ1) is 27.5. The lowest BCUT2D eigenvalue weighted by molar-refractivity contribution is -0.297. The van der Waals surface area contributed by atoms with Gasteiger partial charge in [0.25, 0.3) is 10.1 Å². The molecule has 6 atom stereocenters. The van der Waals surface area contributed by atoms with Gasteiger partial charge in [-0.3, -0.25) is 14.1 Å². The Balaban J connectivity index is 2.47. The molecule has 2 unspecified atom stereocenters. The summed E-state index contributed by atoms with van der Waals surface area (Å²) in [6, 6.07) is 0. The van der Waals surface area contributed by atoms with Gasteiger partial charge in [-0.15, -0.1) is 0 Å². The van der Waals surface area contributed by atoms with Crippen LogP contribution >= 0.6 is 0 Å². The SMILES string of the molecule is CC/C=C/C/C=C/C/C=C/CCCCCCCC(=O)O[C@H](COC(=O)CCCCCCCCCCCCCCCC)CO[C@H]1O[C@H](CS(=O)(=O)O)[C@@H](O)C(O)C1O.